The lowest BCUT2D eigenvalue weighted by Crippen LogP contribution is -2.26. The number of carbonyl (C=O) groups is 1. The van der Waals surface area contributed by atoms with E-state index in [0.29, 0.717) is 13.0 Å². The van der Waals surface area contributed by atoms with Crippen LogP contribution in [-0.2, 0) is 13.5 Å². The molecule has 0 aliphatic heterocycles. The number of carbonyl (C=O) groups excluding carboxylic acids is 1. The fourth-order valence-corrected chi connectivity index (χ4v) is 2.45. The number of hydrogen-bond donors (Lipinski definition) is 1. The van der Waals surface area contributed by atoms with Gasteiger partial charge in [-0.25, -0.2) is 4.98 Å². The summed E-state index contributed by atoms with van der Waals surface area (Å²) in [6.07, 6.45) is 4.10. The lowest BCUT2D eigenvalue weighted by molar-refractivity contribution is -0.385. The number of aromatic nitrogens is 2. The fourth-order valence-electron chi connectivity index (χ4n) is 1.86. The van der Waals surface area contributed by atoms with Crippen molar-refractivity contribution in [3.8, 4) is 0 Å². The van der Waals surface area contributed by atoms with E-state index in [1.54, 1.807) is 6.20 Å². The highest BCUT2D eigenvalue weighted by Crippen LogP contribution is 2.28. The second-order valence-corrected chi connectivity index (χ2v) is 5.15. The minimum Gasteiger partial charge on any atom is -0.352 e. The van der Waals surface area contributed by atoms with E-state index in [0.717, 1.165) is 5.82 Å². The van der Waals surface area contributed by atoms with Gasteiger partial charge in [-0.15, -0.1) is 0 Å². The average molecular weight is 353 g/mol. The normalized spacial score (nSPS) is 10.4. The van der Waals surface area contributed by atoms with E-state index < -0.39 is 4.92 Å². The predicted molar refractivity (Wildman–Crippen MR) is 80.0 cm³/mol. The number of nitrogens with zero attached hydrogens (tertiary/aromatic N) is 3. The summed E-state index contributed by atoms with van der Waals surface area (Å²) >= 11 is 3.11. The third-order valence-corrected chi connectivity index (χ3v) is 3.81. The quantitative estimate of drug-likeness (QED) is 0.658. The van der Waals surface area contributed by atoms with Gasteiger partial charge in [0.1, 0.15) is 10.3 Å². The molecule has 2 rings (SSSR count). The number of imidazole rings is 1. The largest absolute Gasteiger partial charge is 0.352 e. The van der Waals surface area contributed by atoms with Crippen molar-refractivity contribution in [1.82, 2.24) is 14.9 Å². The van der Waals surface area contributed by atoms with E-state index in [-0.39, 0.29) is 21.6 Å². The van der Waals surface area contributed by atoms with Crippen molar-refractivity contribution < 1.29 is 9.72 Å². The zero-order valence-electron chi connectivity index (χ0n) is 11.2. The van der Waals surface area contributed by atoms with Gasteiger partial charge in [0.2, 0.25) is 0 Å². The molecule has 1 N–H and O–H groups in total. The molecule has 21 heavy (non-hydrogen) atoms. The number of amides is 1. The van der Waals surface area contributed by atoms with E-state index in [1.807, 2.05) is 17.8 Å². The molecule has 1 heterocycles. The first kappa shape index (κ1) is 15.2. The molecule has 0 saturated carbocycles. The van der Waals surface area contributed by atoms with Crippen molar-refractivity contribution in [1.29, 1.82) is 0 Å². The first-order valence-corrected chi connectivity index (χ1v) is 6.97. The Balaban J connectivity index is 2.02. The molecule has 1 aromatic heterocycles. The maximum atomic E-state index is 12.1. The van der Waals surface area contributed by atoms with E-state index in [1.165, 1.54) is 18.2 Å². The number of rotatable bonds is 5. The molecule has 1 aromatic carbocycles. The number of nitrogens with one attached hydrogen (secondary N) is 1. The van der Waals surface area contributed by atoms with Crippen LogP contribution in [0.3, 0.4) is 0 Å². The minimum absolute atomic E-state index is 0.133. The average Bonchev–Trinajstić information content (AvgIpc) is 2.84. The number of hydrogen-bond acceptors (Lipinski definition) is 4. The van der Waals surface area contributed by atoms with Gasteiger partial charge in [-0.2, -0.15) is 0 Å². The Morgan fingerprint density at radius 2 is 2.29 bits per heavy atom. The van der Waals surface area contributed by atoms with Gasteiger partial charge < -0.3 is 9.88 Å². The molecule has 7 nitrogen and oxygen atoms in total. The van der Waals surface area contributed by atoms with Crippen LogP contribution in [0.1, 0.15) is 16.2 Å². The molecular formula is C13H13BrN4O3. The van der Waals surface area contributed by atoms with Gasteiger partial charge >= 0.3 is 0 Å². The number of halogens is 1. The number of nitro benzene ring substituents is 1. The molecule has 110 valence electrons. The van der Waals surface area contributed by atoms with Gasteiger partial charge in [0.25, 0.3) is 11.6 Å². The smallest absolute Gasteiger partial charge is 0.284 e. The van der Waals surface area contributed by atoms with E-state index in [4.69, 9.17) is 0 Å². The van der Waals surface area contributed by atoms with Crippen molar-refractivity contribution in [2.24, 2.45) is 7.05 Å². The lowest BCUT2D eigenvalue weighted by Gasteiger charge is -2.07. The molecule has 0 spiro atoms. The van der Waals surface area contributed by atoms with Crippen LogP contribution < -0.4 is 5.32 Å². The zero-order chi connectivity index (χ0) is 15.4. The molecule has 0 unspecified atom stereocenters. The molecule has 0 bridgehead atoms. The highest BCUT2D eigenvalue weighted by molar-refractivity contribution is 9.10. The van der Waals surface area contributed by atoms with Gasteiger partial charge in [-0.05, 0) is 22.0 Å². The summed E-state index contributed by atoms with van der Waals surface area (Å²) in [6, 6.07) is 4.36. The van der Waals surface area contributed by atoms with Gasteiger partial charge in [-0.3, -0.25) is 14.9 Å². The van der Waals surface area contributed by atoms with E-state index >= 15 is 0 Å². The first-order chi connectivity index (χ1) is 10.0. The zero-order valence-corrected chi connectivity index (χ0v) is 12.8. The maximum Gasteiger partial charge on any atom is 0.284 e. The standard InChI is InChI=1S/C13H13BrN4O3/c1-17-8-7-15-11(17)5-6-16-13(19)9-3-2-4-10(12(9)14)18(20)21/h2-4,7-8H,5-6H2,1H3,(H,16,19). The fraction of sp³-hybridized carbons (Fsp3) is 0.231. The Bertz CT molecular complexity index is 684. The second kappa shape index (κ2) is 6.49. The van der Waals surface area contributed by atoms with Crippen LogP contribution in [0.15, 0.2) is 35.1 Å². The summed E-state index contributed by atoms with van der Waals surface area (Å²) in [7, 11) is 1.88. The van der Waals surface area contributed by atoms with Crippen molar-refractivity contribution in [3.05, 3.63) is 56.6 Å². The Morgan fingerprint density at radius 1 is 1.52 bits per heavy atom. The number of benzene rings is 1. The van der Waals surface area contributed by atoms with Crippen LogP contribution in [-0.4, -0.2) is 26.9 Å². The van der Waals surface area contributed by atoms with Gasteiger partial charge in [0, 0.05) is 38.5 Å². The second-order valence-electron chi connectivity index (χ2n) is 4.36. The highest BCUT2D eigenvalue weighted by Gasteiger charge is 2.19. The van der Waals surface area contributed by atoms with Crippen molar-refractivity contribution in [2.45, 2.75) is 6.42 Å². The van der Waals surface area contributed by atoms with Crippen molar-refractivity contribution in [3.63, 3.8) is 0 Å². The SMILES string of the molecule is Cn1ccnc1CCNC(=O)c1cccc([N+](=O)[O-])c1Br. The van der Waals surface area contributed by atoms with Gasteiger partial charge in [-0.1, -0.05) is 6.07 Å². The molecular weight excluding hydrogens is 340 g/mol. The van der Waals surface area contributed by atoms with Crippen LogP contribution in [0.25, 0.3) is 0 Å². The Kier molecular flexibility index (Phi) is 4.69. The summed E-state index contributed by atoms with van der Waals surface area (Å²) in [5, 5.41) is 13.6. The molecule has 0 saturated heterocycles. The third-order valence-electron chi connectivity index (χ3n) is 2.97. The van der Waals surface area contributed by atoms with Crippen LogP contribution in [0.5, 0.6) is 0 Å². The summed E-state index contributed by atoms with van der Waals surface area (Å²) in [5.74, 6) is 0.494. The Labute approximate surface area is 129 Å². The maximum absolute atomic E-state index is 12.1. The van der Waals surface area contributed by atoms with Crippen LogP contribution in [0.2, 0.25) is 0 Å². The van der Waals surface area contributed by atoms with Gasteiger partial charge in [0.15, 0.2) is 0 Å². The van der Waals surface area contributed by atoms with Crippen molar-refractivity contribution in [2.75, 3.05) is 6.54 Å². The summed E-state index contributed by atoms with van der Waals surface area (Å²) < 4.78 is 2.06. The minimum atomic E-state index is -0.533. The molecule has 0 aliphatic carbocycles. The summed E-state index contributed by atoms with van der Waals surface area (Å²) in [5.41, 5.74) is 0.107. The van der Waals surface area contributed by atoms with Crippen LogP contribution in [0, 0.1) is 10.1 Å². The van der Waals surface area contributed by atoms with Crippen LogP contribution in [0.4, 0.5) is 5.69 Å². The molecule has 1 amide bonds. The molecule has 0 fully saturated rings. The van der Waals surface area contributed by atoms with Gasteiger partial charge in [0.05, 0.1) is 10.5 Å². The molecule has 0 radical (unpaired) electrons. The lowest BCUT2D eigenvalue weighted by atomic mass is 10.2. The molecule has 8 heteroatoms. The molecule has 0 atom stereocenters. The monoisotopic (exact) mass is 352 g/mol. The predicted octanol–water partition coefficient (Wildman–Crippen LogP) is 2.06. The van der Waals surface area contributed by atoms with Crippen LogP contribution >= 0.6 is 15.9 Å². The number of nitro groups is 1. The summed E-state index contributed by atoms with van der Waals surface area (Å²) in [6.45, 7) is 0.402. The first-order valence-electron chi connectivity index (χ1n) is 6.18. The van der Waals surface area contributed by atoms with Crippen molar-refractivity contribution >= 4 is 27.5 Å². The summed E-state index contributed by atoms with van der Waals surface area (Å²) in [4.78, 5) is 26.5. The number of aryl methyl sites for hydroxylation is 1. The topological polar surface area (TPSA) is 90.1 Å². The Morgan fingerprint density at radius 3 is 2.90 bits per heavy atom. The highest BCUT2D eigenvalue weighted by atomic mass is 79.9. The van der Waals surface area contributed by atoms with E-state index in [9.17, 15) is 14.9 Å². The third kappa shape index (κ3) is 3.46. The Hall–Kier alpha value is -2.22. The molecule has 0 aliphatic rings. The molecule has 2 aromatic rings. The van der Waals surface area contributed by atoms with E-state index in [2.05, 4.69) is 26.2 Å².